The molecular formula is C16H25N3O. The zero-order chi connectivity index (χ0) is 14.1. The molecule has 1 aromatic rings. The van der Waals surface area contributed by atoms with Crippen LogP contribution in [0.15, 0.2) is 12.3 Å². The molecule has 1 aromatic heterocycles. The van der Waals surface area contributed by atoms with E-state index in [9.17, 15) is 4.79 Å². The number of aromatic nitrogens is 1. The molecule has 3 N–H and O–H groups in total. The third-order valence-electron chi connectivity index (χ3n) is 5.02. The van der Waals surface area contributed by atoms with Gasteiger partial charge in [0.25, 0.3) is 5.91 Å². The minimum absolute atomic E-state index is 0.0259. The molecule has 3 rings (SSSR count). The van der Waals surface area contributed by atoms with Gasteiger partial charge in [0.15, 0.2) is 0 Å². The van der Waals surface area contributed by atoms with Crippen molar-refractivity contribution in [2.24, 2.45) is 17.8 Å². The van der Waals surface area contributed by atoms with Crippen LogP contribution in [0.4, 0.5) is 5.69 Å². The van der Waals surface area contributed by atoms with Crippen LogP contribution in [0.2, 0.25) is 0 Å². The van der Waals surface area contributed by atoms with Crippen molar-refractivity contribution < 1.29 is 4.79 Å². The summed E-state index contributed by atoms with van der Waals surface area (Å²) in [6.07, 6.45) is 8.33. The zero-order valence-corrected chi connectivity index (χ0v) is 12.3. The van der Waals surface area contributed by atoms with Gasteiger partial charge < -0.3 is 15.6 Å². The van der Waals surface area contributed by atoms with Gasteiger partial charge in [0.1, 0.15) is 5.69 Å². The van der Waals surface area contributed by atoms with E-state index in [-0.39, 0.29) is 5.91 Å². The number of anilines is 1. The van der Waals surface area contributed by atoms with Gasteiger partial charge >= 0.3 is 0 Å². The highest BCUT2D eigenvalue weighted by molar-refractivity contribution is 5.93. The van der Waals surface area contributed by atoms with Gasteiger partial charge in [-0.1, -0.05) is 13.3 Å². The number of carbonyl (C=O) groups excluding carboxylic acids is 1. The van der Waals surface area contributed by atoms with Crippen LogP contribution in [-0.4, -0.2) is 17.0 Å². The number of nitrogens with two attached hydrogens (primary N) is 1. The van der Waals surface area contributed by atoms with E-state index in [0.29, 0.717) is 17.3 Å². The Morgan fingerprint density at radius 3 is 2.95 bits per heavy atom. The van der Waals surface area contributed by atoms with E-state index in [4.69, 9.17) is 5.73 Å². The lowest BCUT2D eigenvalue weighted by molar-refractivity contribution is 0.0932. The lowest BCUT2D eigenvalue weighted by atomic mass is 9.89. The Kier molecular flexibility index (Phi) is 3.72. The zero-order valence-electron chi connectivity index (χ0n) is 12.3. The van der Waals surface area contributed by atoms with Crippen LogP contribution < -0.4 is 11.1 Å². The van der Waals surface area contributed by atoms with Crippen LogP contribution in [0, 0.1) is 17.8 Å². The molecule has 2 aliphatic rings. The van der Waals surface area contributed by atoms with Crippen molar-refractivity contribution in [2.45, 2.75) is 45.6 Å². The largest absolute Gasteiger partial charge is 0.397 e. The predicted molar refractivity (Wildman–Crippen MR) is 80.4 cm³/mol. The van der Waals surface area contributed by atoms with E-state index in [0.717, 1.165) is 31.3 Å². The number of hydrogen-bond donors (Lipinski definition) is 2. The molecule has 2 bridgehead atoms. The summed E-state index contributed by atoms with van der Waals surface area (Å²) in [5, 5.41) is 3.12. The summed E-state index contributed by atoms with van der Waals surface area (Å²) in [6, 6.07) is 1.78. The Morgan fingerprint density at radius 2 is 2.30 bits per heavy atom. The summed E-state index contributed by atoms with van der Waals surface area (Å²) in [5.41, 5.74) is 7.19. The molecule has 3 unspecified atom stereocenters. The predicted octanol–water partition coefficient (Wildman–Crippen LogP) is 2.65. The first-order chi connectivity index (χ1) is 9.67. The first-order valence-corrected chi connectivity index (χ1v) is 7.91. The van der Waals surface area contributed by atoms with E-state index >= 15 is 0 Å². The molecule has 1 heterocycles. The maximum Gasteiger partial charge on any atom is 0.267 e. The fourth-order valence-corrected chi connectivity index (χ4v) is 4.09. The molecule has 2 saturated carbocycles. The molecule has 1 amide bonds. The minimum Gasteiger partial charge on any atom is -0.397 e. The highest BCUT2D eigenvalue weighted by atomic mass is 16.1. The number of nitrogen functional groups attached to an aromatic ring is 1. The molecule has 2 fully saturated rings. The summed E-state index contributed by atoms with van der Waals surface area (Å²) < 4.78 is 1.96. The first-order valence-electron chi connectivity index (χ1n) is 7.91. The number of amides is 1. The second-order valence-corrected chi connectivity index (χ2v) is 6.50. The minimum atomic E-state index is 0.0259. The Labute approximate surface area is 120 Å². The number of nitrogens with one attached hydrogen (secondary N) is 1. The molecule has 0 saturated heterocycles. The monoisotopic (exact) mass is 275 g/mol. The molecule has 0 spiro atoms. The fourth-order valence-electron chi connectivity index (χ4n) is 4.09. The summed E-state index contributed by atoms with van der Waals surface area (Å²) in [6.45, 7) is 3.78. The van der Waals surface area contributed by atoms with Crippen molar-refractivity contribution >= 4 is 11.6 Å². The number of aryl methyl sites for hydroxylation is 1. The topological polar surface area (TPSA) is 60.0 Å². The number of hydrogen-bond acceptors (Lipinski definition) is 2. The summed E-state index contributed by atoms with van der Waals surface area (Å²) in [5.74, 6) is 2.51. The molecule has 4 nitrogen and oxygen atoms in total. The number of rotatable bonds is 5. The Hall–Kier alpha value is -1.45. The van der Waals surface area contributed by atoms with Crippen LogP contribution in [0.5, 0.6) is 0 Å². The highest BCUT2D eigenvalue weighted by Crippen LogP contribution is 2.47. The van der Waals surface area contributed by atoms with Crippen LogP contribution in [0.1, 0.15) is 49.5 Å². The third kappa shape index (κ3) is 2.56. The van der Waals surface area contributed by atoms with Crippen LogP contribution in [0.25, 0.3) is 0 Å². The van der Waals surface area contributed by atoms with Gasteiger partial charge in [0, 0.05) is 19.3 Å². The second kappa shape index (κ2) is 5.51. The molecule has 3 atom stereocenters. The summed E-state index contributed by atoms with van der Waals surface area (Å²) in [7, 11) is 0. The SMILES string of the molecule is CCCn1cc(N)cc1C(=O)NCC1CC2CCC1C2. The van der Waals surface area contributed by atoms with Crippen molar-refractivity contribution in [3.8, 4) is 0 Å². The van der Waals surface area contributed by atoms with E-state index < -0.39 is 0 Å². The molecular weight excluding hydrogens is 250 g/mol. The smallest absolute Gasteiger partial charge is 0.267 e. The Morgan fingerprint density at radius 1 is 1.45 bits per heavy atom. The molecule has 20 heavy (non-hydrogen) atoms. The number of carbonyl (C=O) groups is 1. The van der Waals surface area contributed by atoms with Crippen molar-refractivity contribution in [1.29, 1.82) is 0 Å². The summed E-state index contributed by atoms with van der Waals surface area (Å²) >= 11 is 0. The molecule has 110 valence electrons. The lowest BCUT2D eigenvalue weighted by Gasteiger charge is -2.21. The van der Waals surface area contributed by atoms with E-state index in [1.807, 2.05) is 10.8 Å². The van der Waals surface area contributed by atoms with Gasteiger partial charge in [0.05, 0.1) is 5.69 Å². The van der Waals surface area contributed by atoms with Crippen molar-refractivity contribution in [3.05, 3.63) is 18.0 Å². The van der Waals surface area contributed by atoms with Gasteiger partial charge in [-0.05, 0) is 49.5 Å². The maximum absolute atomic E-state index is 12.3. The van der Waals surface area contributed by atoms with Gasteiger partial charge in [-0.3, -0.25) is 4.79 Å². The number of fused-ring (bicyclic) bond motifs is 2. The van der Waals surface area contributed by atoms with Crippen LogP contribution >= 0.6 is 0 Å². The van der Waals surface area contributed by atoms with Gasteiger partial charge in [-0.25, -0.2) is 0 Å². The quantitative estimate of drug-likeness (QED) is 0.868. The average molecular weight is 275 g/mol. The summed E-state index contributed by atoms with van der Waals surface area (Å²) in [4.78, 5) is 12.3. The van der Waals surface area contributed by atoms with Crippen LogP contribution in [-0.2, 0) is 6.54 Å². The third-order valence-corrected chi connectivity index (χ3v) is 5.02. The average Bonchev–Trinajstić information content (AvgIpc) is 3.11. The van der Waals surface area contributed by atoms with E-state index in [1.165, 1.54) is 25.7 Å². The van der Waals surface area contributed by atoms with Gasteiger partial charge in [-0.15, -0.1) is 0 Å². The van der Waals surface area contributed by atoms with Gasteiger partial charge in [0.2, 0.25) is 0 Å². The first kappa shape index (κ1) is 13.5. The van der Waals surface area contributed by atoms with Crippen molar-refractivity contribution in [1.82, 2.24) is 9.88 Å². The molecule has 0 aromatic carbocycles. The molecule has 2 aliphatic carbocycles. The highest BCUT2D eigenvalue weighted by Gasteiger charge is 2.39. The Balaban J connectivity index is 1.59. The Bertz CT molecular complexity index is 494. The normalized spacial score (nSPS) is 27.9. The lowest BCUT2D eigenvalue weighted by Crippen LogP contribution is -2.32. The second-order valence-electron chi connectivity index (χ2n) is 6.50. The fraction of sp³-hybridized carbons (Fsp3) is 0.688. The van der Waals surface area contributed by atoms with Crippen LogP contribution in [0.3, 0.4) is 0 Å². The molecule has 4 heteroatoms. The van der Waals surface area contributed by atoms with Crippen molar-refractivity contribution in [2.75, 3.05) is 12.3 Å². The van der Waals surface area contributed by atoms with E-state index in [2.05, 4.69) is 12.2 Å². The number of nitrogens with zero attached hydrogens (tertiary/aromatic N) is 1. The van der Waals surface area contributed by atoms with Crippen molar-refractivity contribution in [3.63, 3.8) is 0 Å². The molecule has 0 radical (unpaired) electrons. The standard InChI is InChI=1S/C16H25N3O/c1-2-5-19-10-14(17)8-15(19)16(20)18-9-13-7-11-3-4-12(13)6-11/h8,10-13H,2-7,9,17H2,1H3,(H,18,20). The van der Waals surface area contributed by atoms with E-state index in [1.54, 1.807) is 6.07 Å². The van der Waals surface area contributed by atoms with Gasteiger partial charge in [-0.2, -0.15) is 0 Å². The molecule has 0 aliphatic heterocycles. The maximum atomic E-state index is 12.3.